The lowest BCUT2D eigenvalue weighted by Gasteiger charge is -2.45. The molecule has 2 aromatic carbocycles. The van der Waals surface area contributed by atoms with Crippen molar-refractivity contribution in [1.29, 1.82) is 0 Å². The van der Waals surface area contributed by atoms with Crippen LogP contribution in [-0.2, 0) is 26.9 Å². The first kappa shape index (κ1) is 25.7. The normalized spacial score (nSPS) is 18.8. The van der Waals surface area contributed by atoms with E-state index in [0.717, 1.165) is 40.2 Å². The number of esters is 1. The highest BCUT2D eigenvalue weighted by molar-refractivity contribution is 6.04. The summed E-state index contributed by atoms with van der Waals surface area (Å²) < 4.78 is 49.8. The van der Waals surface area contributed by atoms with Gasteiger partial charge in [-0.3, -0.25) is 14.6 Å². The van der Waals surface area contributed by atoms with Gasteiger partial charge in [0.2, 0.25) is 0 Å². The summed E-state index contributed by atoms with van der Waals surface area (Å²) in [4.78, 5) is 30.7. The molecule has 10 heteroatoms. The molecule has 5 rings (SSSR count). The Bertz CT molecular complexity index is 1390. The van der Waals surface area contributed by atoms with Gasteiger partial charge < -0.3 is 19.7 Å². The molecule has 0 saturated carbocycles. The van der Waals surface area contributed by atoms with Crippen molar-refractivity contribution in [3.63, 3.8) is 0 Å². The number of pyridine rings is 1. The van der Waals surface area contributed by atoms with Gasteiger partial charge in [0.25, 0.3) is 5.91 Å². The fourth-order valence-electron chi connectivity index (χ4n) is 5.13. The molecule has 2 aliphatic rings. The van der Waals surface area contributed by atoms with Gasteiger partial charge in [-0.15, -0.1) is 0 Å². The Morgan fingerprint density at radius 1 is 1.13 bits per heavy atom. The second-order valence-corrected chi connectivity index (χ2v) is 9.42. The summed E-state index contributed by atoms with van der Waals surface area (Å²) in [6, 6.07) is 13.3. The molecule has 3 heterocycles. The predicted octanol–water partition coefficient (Wildman–Crippen LogP) is 4.88. The van der Waals surface area contributed by atoms with Crippen molar-refractivity contribution in [3.05, 3.63) is 77.1 Å². The fraction of sp³-hybridized carbons (Fsp3) is 0.321. The Morgan fingerprint density at radius 3 is 2.71 bits per heavy atom. The van der Waals surface area contributed by atoms with Crippen LogP contribution in [-0.4, -0.2) is 49.8 Å². The number of rotatable bonds is 4. The van der Waals surface area contributed by atoms with Crippen molar-refractivity contribution in [2.75, 3.05) is 37.1 Å². The molecule has 0 aliphatic carbocycles. The molecule has 1 aromatic heterocycles. The molecule has 0 unspecified atom stereocenters. The first-order valence-electron chi connectivity index (χ1n) is 12.2. The number of nitrogens with one attached hydrogen (secondary N) is 1. The molecule has 1 amide bonds. The molecule has 3 aromatic rings. The lowest BCUT2D eigenvalue weighted by molar-refractivity contribution is -0.147. The van der Waals surface area contributed by atoms with Crippen molar-refractivity contribution in [2.45, 2.75) is 25.6 Å². The number of carbonyl (C=O) groups is 2. The second-order valence-electron chi connectivity index (χ2n) is 9.42. The van der Waals surface area contributed by atoms with E-state index in [1.54, 1.807) is 12.1 Å². The lowest BCUT2D eigenvalue weighted by atomic mass is 9.84. The number of amides is 1. The van der Waals surface area contributed by atoms with E-state index in [2.05, 4.69) is 21.3 Å². The van der Waals surface area contributed by atoms with Crippen molar-refractivity contribution < 1.29 is 32.2 Å². The van der Waals surface area contributed by atoms with E-state index in [4.69, 9.17) is 9.47 Å². The van der Waals surface area contributed by atoms with Crippen LogP contribution in [0.1, 0.15) is 27.2 Å². The molecule has 2 atom stereocenters. The maximum absolute atomic E-state index is 13.0. The first-order chi connectivity index (χ1) is 18.2. The van der Waals surface area contributed by atoms with Crippen LogP contribution in [0.3, 0.4) is 0 Å². The number of benzene rings is 2. The zero-order chi connectivity index (χ0) is 27.0. The van der Waals surface area contributed by atoms with E-state index in [1.165, 1.54) is 13.2 Å². The monoisotopic (exact) mass is 525 g/mol. The van der Waals surface area contributed by atoms with E-state index in [9.17, 15) is 22.8 Å². The molecule has 198 valence electrons. The number of ether oxygens (including phenoxy) is 2. The van der Waals surface area contributed by atoms with Gasteiger partial charge in [-0.1, -0.05) is 18.2 Å². The minimum atomic E-state index is -4.64. The minimum Gasteiger partial charge on any atom is -0.469 e. The Kier molecular flexibility index (Phi) is 6.83. The number of aromatic nitrogens is 1. The zero-order valence-corrected chi connectivity index (χ0v) is 20.8. The third-order valence-corrected chi connectivity index (χ3v) is 7.09. The third-order valence-electron chi connectivity index (χ3n) is 7.09. The van der Waals surface area contributed by atoms with Crippen LogP contribution >= 0.6 is 0 Å². The number of morpholine rings is 1. The smallest absolute Gasteiger partial charge is 0.433 e. The van der Waals surface area contributed by atoms with Gasteiger partial charge in [0.1, 0.15) is 5.69 Å². The fourth-order valence-corrected chi connectivity index (χ4v) is 5.13. The van der Waals surface area contributed by atoms with Gasteiger partial charge >= 0.3 is 12.1 Å². The summed E-state index contributed by atoms with van der Waals surface area (Å²) in [5.41, 5.74) is 4.02. The zero-order valence-electron chi connectivity index (χ0n) is 20.8. The number of hydrogen-bond donors (Lipinski definition) is 1. The van der Waals surface area contributed by atoms with E-state index in [0.29, 0.717) is 31.9 Å². The van der Waals surface area contributed by atoms with Crippen LogP contribution in [0, 0.1) is 12.8 Å². The van der Waals surface area contributed by atoms with Gasteiger partial charge in [0.15, 0.2) is 0 Å². The van der Waals surface area contributed by atoms with E-state index in [1.807, 2.05) is 25.1 Å². The van der Waals surface area contributed by atoms with Crippen molar-refractivity contribution in [3.8, 4) is 11.1 Å². The topological polar surface area (TPSA) is 80.8 Å². The van der Waals surface area contributed by atoms with Crippen LogP contribution in [0.25, 0.3) is 11.1 Å². The summed E-state index contributed by atoms with van der Waals surface area (Å²) in [7, 11) is 1.40. The maximum atomic E-state index is 13.0. The summed E-state index contributed by atoms with van der Waals surface area (Å²) >= 11 is 0. The average molecular weight is 526 g/mol. The number of methoxy groups -OCH3 is 1. The SMILES string of the molecule is COC(=O)[C@H]1Cc2ccc(-c3cc(NC(=O)c4ccnc(C(F)(F)F)c4)ccc3C)cc2N2CCOC[C@H]12. The molecule has 0 bridgehead atoms. The maximum Gasteiger partial charge on any atom is 0.433 e. The number of hydrogen-bond acceptors (Lipinski definition) is 6. The average Bonchev–Trinajstić information content (AvgIpc) is 2.92. The number of anilines is 2. The molecule has 7 nitrogen and oxygen atoms in total. The Hall–Kier alpha value is -3.92. The number of nitrogens with zero attached hydrogens (tertiary/aromatic N) is 2. The highest BCUT2D eigenvalue weighted by atomic mass is 19.4. The van der Waals surface area contributed by atoms with Crippen LogP contribution in [0.2, 0.25) is 0 Å². The number of carbonyl (C=O) groups excluding carboxylic acids is 2. The molecule has 1 fully saturated rings. The van der Waals surface area contributed by atoms with E-state index >= 15 is 0 Å². The summed E-state index contributed by atoms with van der Waals surface area (Å²) in [5.74, 6) is -1.23. The van der Waals surface area contributed by atoms with Gasteiger partial charge in [-0.05, 0) is 65.9 Å². The standard InChI is InChI=1S/C28H26F3N3O4/c1-16-3-6-20(33-26(35)19-7-8-32-25(13-19)28(29,30)31)14-21(16)17-4-5-18-11-22(27(36)37-2)24-15-38-10-9-34(24)23(18)12-17/h3-8,12-14,22,24H,9-11,15H2,1-2H3,(H,33,35)/t22-,24+/m0/s1. The Morgan fingerprint density at radius 2 is 1.95 bits per heavy atom. The minimum absolute atomic E-state index is 0.118. The van der Waals surface area contributed by atoms with Crippen LogP contribution in [0.5, 0.6) is 0 Å². The number of aryl methyl sites for hydroxylation is 1. The van der Waals surface area contributed by atoms with Crippen molar-refractivity contribution in [1.82, 2.24) is 4.98 Å². The molecular formula is C28H26F3N3O4. The molecule has 1 saturated heterocycles. The highest BCUT2D eigenvalue weighted by Crippen LogP contribution is 2.39. The van der Waals surface area contributed by atoms with Crippen LogP contribution < -0.4 is 10.2 Å². The Balaban J connectivity index is 1.44. The van der Waals surface area contributed by atoms with Crippen molar-refractivity contribution in [2.24, 2.45) is 5.92 Å². The van der Waals surface area contributed by atoms with E-state index < -0.39 is 17.8 Å². The number of halogens is 3. The number of alkyl halides is 3. The number of fused-ring (bicyclic) bond motifs is 3. The van der Waals surface area contributed by atoms with Gasteiger partial charge in [0, 0.05) is 29.7 Å². The summed E-state index contributed by atoms with van der Waals surface area (Å²) in [5, 5.41) is 2.69. The molecule has 1 N–H and O–H groups in total. The van der Waals surface area contributed by atoms with Crippen molar-refractivity contribution >= 4 is 23.3 Å². The summed E-state index contributed by atoms with van der Waals surface area (Å²) in [6.45, 7) is 3.59. The largest absolute Gasteiger partial charge is 0.469 e. The Labute approximate surface area is 217 Å². The second kappa shape index (κ2) is 10.1. The summed E-state index contributed by atoms with van der Waals surface area (Å²) in [6.07, 6.45) is -3.13. The quantitative estimate of drug-likeness (QED) is 0.490. The third kappa shape index (κ3) is 4.96. The van der Waals surface area contributed by atoms with Crippen LogP contribution in [0.4, 0.5) is 24.5 Å². The van der Waals surface area contributed by atoms with Gasteiger partial charge in [-0.25, -0.2) is 0 Å². The molecule has 2 aliphatic heterocycles. The molecule has 0 spiro atoms. The van der Waals surface area contributed by atoms with Gasteiger partial charge in [0.05, 0.1) is 32.3 Å². The molecule has 38 heavy (non-hydrogen) atoms. The molecular weight excluding hydrogens is 499 g/mol. The van der Waals surface area contributed by atoms with E-state index in [-0.39, 0.29) is 23.5 Å². The lowest BCUT2D eigenvalue weighted by Crippen LogP contribution is -2.55. The highest BCUT2D eigenvalue weighted by Gasteiger charge is 2.41. The van der Waals surface area contributed by atoms with Crippen LogP contribution in [0.15, 0.2) is 54.7 Å². The first-order valence-corrected chi connectivity index (χ1v) is 12.2. The molecule has 0 radical (unpaired) electrons. The van der Waals surface area contributed by atoms with Gasteiger partial charge in [-0.2, -0.15) is 13.2 Å². The predicted molar refractivity (Wildman–Crippen MR) is 135 cm³/mol.